The molecule has 0 saturated heterocycles. The average Bonchev–Trinajstić information content (AvgIpc) is 2.65. The minimum absolute atomic E-state index is 0. The Bertz CT molecular complexity index is 451. The van der Waals surface area contributed by atoms with Gasteiger partial charge in [0, 0.05) is 32.7 Å². The Hall–Kier alpha value is -0.186. The van der Waals surface area contributed by atoms with Crippen molar-refractivity contribution in [3.05, 3.63) is 28.9 Å². The molecule has 0 unspecified atom stereocenters. The molecule has 2 aromatic heterocycles. The Balaban J connectivity index is 0.00000128. The molecule has 0 spiro atoms. The van der Waals surface area contributed by atoms with Crippen molar-refractivity contribution < 1.29 is 32.7 Å². The molecule has 2 aromatic rings. The van der Waals surface area contributed by atoms with Gasteiger partial charge >= 0.3 is 0 Å². The Morgan fingerprint density at radius 3 is 2.50 bits per heavy atom. The van der Waals surface area contributed by atoms with E-state index in [9.17, 15) is 0 Å². The van der Waals surface area contributed by atoms with Crippen molar-refractivity contribution in [2.24, 2.45) is 0 Å². The molecule has 16 heavy (non-hydrogen) atoms. The van der Waals surface area contributed by atoms with Gasteiger partial charge in [-0.1, -0.05) is 20.0 Å². The van der Waals surface area contributed by atoms with Crippen LogP contribution in [0.3, 0.4) is 0 Å². The van der Waals surface area contributed by atoms with E-state index in [1.807, 2.05) is 19.2 Å². The summed E-state index contributed by atoms with van der Waals surface area (Å²) in [6.07, 6.45) is 1.86. The van der Waals surface area contributed by atoms with E-state index >= 15 is 0 Å². The first-order valence-corrected chi connectivity index (χ1v) is 5.66. The summed E-state index contributed by atoms with van der Waals surface area (Å²) in [5, 5.41) is 9.83. The molecule has 0 aliphatic rings. The van der Waals surface area contributed by atoms with Crippen molar-refractivity contribution in [3.8, 4) is 10.7 Å². The van der Waals surface area contributed by atoms with E-state index in [4.69, 9.17) is 0 Å². The molecule has 0 bridgehead atoms. The molecule has 3 nitrogen and oxygen atoms in total. The molecular weight excluding hydrogens is 295 g/mol. The first kappa shape index (κ1) is 13.9. The van der Waals surface area contributed by atoms with Crippen LogP contribution in [0.25, 0.3) is 10.7 Å². The molecule has 0 saturated carbocycles. The van der Waals surface area contributed by atoms with E-state index in [1.54, 1.807) is 11.3 Å². The summed E-state index contributed by atoms with van der Waals surface area (Å²) in [7, 11) is 0. The maximum absolute atomic E-state index is 4.36. The zero-order valence-corrected chi connectivity index (χ0v) is 13.2. The fraction of sp³-hybridized carbons (Fsp3) is 0.364. The maximum atomic E-state index is 4.36. The molecular formula is C11H12N3SY-. The SMILES string of the molecule is Cc1nnc(-c2c[c-]c(C(C)C)cn2)s1.[Y]. The fourth-order valence-electron chi connectivity index (χ4n) is 1.20. The Kier molecular flexibility index (Phi) is 5.15. The van der Waals surface area contributed by atoms with Crippen molar-refractivity contribution in [2.75, 3.05) is 0 Å². The summed E-state index contributed by atoms with van der Waals surface area (Å²) >= 11 is 1.55. The van der Waals surface area contributed by atoms with Crippen molar-refractivity contribution in [1.29, 1.82) is 0 Å². The van der Waals surface area contributed by atoms with Gasteiger partial charge in [0.2, 0.25) is 0 Å². The number of aromatic nitrogens is 3. The summed E-state index contributed by atoms with van der Waals surface area (Å²) in [4.78, 5) is 4.36. The molecule has 0 fully saturated rings. The van der Waals surface area contributed by atoms with Crippen LogP contribution in [-0.4, -0.2) is 15.2 Å². The Labute approximate surface area is 125 Å². The number of hydrogen-bond donors (Lipinski definition) is 0. The molecule has 0 aliphatic carbocycles. The first-order valence-electron chi connectivity index (χ1n) is 4.85. The van der Waals surface area contributed by atoms with E-state index < -0.39 is 0 Å². The third kappa shape index (κ3) is 3.15. The van der Waals surface area contributed by atoms with Crippen molar-refractivity contribution in [3.63, 3.8) is 0 Å². The molecule has 0 atom stereocenters. The molecule has 2 heterocycles. The van der Waals surface area contributed by atoms with Crippen LogP contribution in [-0.2, 0) is 32.7 Å². The van der Waals surface area contributed by atoms with Crippen LogP contribution in [0.15, 0.2) is 12.3 Å². The quantitative estimate of drug-likeness (QED) is 0.801. The Morgan fingerprint density at radius 2 is 2.06 bits per heavy atom. The van der Waals surface area contributed by atoms with Gasteiger partial charge in [-0.15, -0.1) is 28.1 Å². The summed E-state index contributed by atoms with van der Waals surface area (Å²) in [6.45, 7) is 6.19. The number of rotatable bonds is 2. The molecule has 0 amide bonds. The summed E-state index contributed by atoms with van der Waals surface area (Å²) in [5.41, 5.74) is 1.98. The monoisotopic (exact) mass is 307 g/mol. The van der Waals surface area contributed by atoms with Crippen LogP contribution >= 0.6 is 11.3 Å². The Morgan fingerprint density at radius 1 is 1.31 bits per heavy atom. The van der Waals surface area contributed by atoms with Crippen molar-refractivity contribution in [1.82, 2.24) is 15.2 Å². The second-order valence-electron chi connectivity index (χ2n) is 3.67. The van der Waals surface area contributed by atoms with Gasteiger partial charge < -0.3 is 4.98 Å². The zero-order valence-electron chi connectivity index (χ0n) is 9.56. The minimum atomic E-state index is 0. The average molecular weight is 307 g/mol. The van der Waals surface area contributed by atoms with Crippen LogP contribution < -0.4 is 0 Å². The third-order valence-corrected chi connectivity index (χ3v) is 2.95. The largest absolute Gasteiger partial charge is 0.380 e. The predicted molar refractivity (Wildman–Crippen MR) is 60.8 cm³/mol. The topological polar surface area (TPSA) is 38.7 Å². The van der Waals surface area contributed by atoms with E-state index in [-0.39, 0.29) is 32.7 Å². The van der Waals surface area contributed by atoms with Crippen LogP contribution in [0.1, 0.15) is 30.3 Å². The van der Waals surface area contributed by atoms with Gasteiger partial charge in [0.05, 0.1) is 0 Å². The number of pyridine rings is 1. The van der Waals surface area contributed by atoms with Gasteiger partial charge in [0.25, 0.3) is 0 Å². The second kappa shape index (κ2) is 5.94. The van der Waals surface area contributed by atoms with Gasteiger partial charge in [-0.05, 0) is 18.5 Å². The first-order chi connectivity index (χ1) is 7.16. The number of aryl methyl sites for hydroxylation is 1. The molecule has 0 N–H and O–H groups in total. The van der Waals surface area contributed by atoms with Gasteiger partial charge in [0.1, 0.15) is 10.0 Å². The molecule has 2 rings (SSSR count). The van der Waals surface area contributed by atoms with E-state index in [0.717, 1.165) is 21.3 Å². The molecule has 5 heteroatoms. The maximum Gasteiger partial charge on any atom is 0.113 e. The van der Waals surface area contributed by atoms with Crippen molar-refractivity contribution in [2.45, 2.75) is 26.7 Å². The van der Waals surface area contributed by atoms with Gasteiger partial charge in [0.15, 0.2) is 0 Å². The minimum Gasteiger partial charge on any atom is -0.380 e. The normalized spacial score (nSPS) is 10.2. The molecule has 81 valence electrons. The number of nitrogens with zero attached hydrogens (tertiary/aromatic N) is 3. The zero-order chi connectivity index (χ0) is 10.8. The molecule has 0 aliphatic heterocycles. The number of hydrogen-bond acceptors (Lipinski definition) is 4. The van der Waals surface area contributed by atoms with Gasteiger partial charge in [-0.25, -0.2) is 0 Å². The summed E-state index contributed by atoms with van der Waals surface area (Å²) in [6, 6.07) is 5.10. The summed E-state index contributed by atoms with van der Waals surface area (Å²) < 4.78 is 0. The molecule has 1 radical (unpaired) electrons. The van der Waals surface area contributed by atoms with Gasteiger partial charge in [-0.2, -0.15) is 11.2 Å². The van der Waals surface area contributed by atoms with E-state index in [2.05, 4.69) is 35.1 Å². The summed E-state index contributed by atoms with van der Waals surface area (Å²) in [5.74, 6) is 0.461. The van der Waals surface area contributed by atoms with Crippen LogP contribution in [0.5, 0.6) is 0 Å². The van der Waals surface area contributed by atoms with Crippen molar-refractivity contribution >= 4 is 11.3 Å². The van der Waals surface area contributed by atoms with Gasteiger partial charge in [-0.3, -0.25) is 0 Å². The van der Waals surface area contributed by atoms with Crippen LogP contribution in [0.2, 0.25) is 0 Å². The predicted octanol–water partition coefficient (Wildman–Crippen LogP) is 2.83. The van der Waals surface area contributed by atoms with E-state index in [1.165, 1.54) is 0 Å². The molecule has 0 aromatic carbocycles. The fourth-order valence-corrected chi connectivity index (χ4v) is 1.86. The third-order valence-electron chi connectivity index (χ3n) is 2.09. The van der Waals surface area contributed by atoms with Crippen LogP contribution in [0, 0.1) is 13.0 Å². The standard InChI is InChI=1S/C11H12N3S.Y/c1-7(2)9-4-5-10(12-6-9)11-14-13-8(3)15-11;/h5-7H,1-3H3;/q-1;. The van der Waals surface area contributed by atoms with E-state index in [0.29, 0.717) is 5.92 Å². The smallest absolute Gasteiger partial charge is 0.113 e. The second-order valence-corrected chi connectivity index (χ2v) is 4.85. The van der Waals surface area contributed by atoms with Crippen LogP contribution in [0.4, 0.5) is 0 Å².